The summed E-state index contributed by atoms with van der Waals surface area (Å²) < 4.78 is 32.1. The first-order valence-corrected chi connectivity index (χ1v) is 9.72. The van der Waals surface area contributed by atoms with Crippen LogP contribution in [0.15, 0.2) is 29.2 Å². The predicted octanol–water partition coefficient (Wildman–Crippen LogP) is 2.75. The van der Waals surface area contributed by atoms with Gasteiger partial charge in [-0.3, -0.25) is 4.79 Å². The smallest absolute Gasteiger partial charge is 0.324 e. The maximum absolute atomic E-state index is 12.9. The molecule has 1 atom stereocenters. The van der Waals surface area contributed by atoms with E-state index in [0.717, 1.165) is 31.2 Å². The summed E-state index contributed by atoms with van der Waals surface area (Å²) >= 11 is 0. The molecule has 0 aromatic heterocycles. The largest absolute Gasteiger partial charge is 0.465 e. The molecule has 1 unspecified atom stereocenters. The Hall–Kier alpha value is -1.40. The van der Waals surface area contributed by atoms with Crippen molar-refractivity contribution in [3.8, 4) is 0 Å². The van der Waals surface area contributed by atoms with Crippen LogP contribution in [0.4, 0.5) is 0 Å². The van der Waals surface area contributed by atoms with Gasteiger partial charge in [-0.05, 0) is 50.3 Å². The fourth-order valence-corrected chi connectivity index (χ4v) is 4.57. The molecule has 5 nitrogen and oxygen atoms in total. The number of piperidine rings is 1. The molecule has 1 aliphatic rings. The molecule has 0 amide bonds. The Bertz CT molecular complexity index is 624. The monoisotopic (exact) mass is 339 g/mol. The van der Waals surface area contributed by atoms with Crippen LogP contribution < -0.4 is 0 Å². The third-order valence-electron chi connectivity index (χ3n) is 4.08. The molecule has 0 radical (unpaired) electrons. The summed E-state index contributed by atoms with van der Waals surface area (Å²) in [5, 5.41) is 0. The van der Waals surface area contributed by atoms with Gasteiger partial charge in [-0.25, -0.2) is 8.42 Å². The SMILES string of the molecule is CCCc1ccc(S(=O)(=O)N2CCCCC2C(=O)OCC)cc1. The molecule has 128 valence electrons. The number of hydrogen-bond donors (Lipinski definition) is 0. The Morgan fingerprint density at radius 2 is 1.91 bits per heavy atom. The normalized spacial score (nSPS) is 19.5. The molecule has 6 heteroatoms. The molecule has 23 heavy (non-hydrogen) atoms. The summed E-state index contributed by atoms with van der Waals surface area (Å²) in [5.74, 6) is -0.446. The molecule has 1 aromatic rings. The zero-order valence-corrected chi connectivity index (χ0v) is 14.6. The number of rotatable bonds is 6. The zero-order valence-electron chi connectivity index (χ0n) is 13.8. The van der Waals surface area contributed by atoms with E-state index >= 15 is 0 Å². The third-order valence-corrected chi connectivity index (χ3v) is 6.00. The Morgan fingerprint density at radius 3 is 2.52 bits per heavy atom. The van der Waals surface area contributed by atoms with Crippen LogP contribution >= 0.6 is 0 Å². The number of hydrogen-bond acceptors (Lipinski definition) is 4. The molecule has 0 N–H and O–H groups in total. The number of carbonyl (C=O) groups is 1. The van der Waals surface area contributed by atoms with Crippen LogP contribution in [0.2, 0.25) is 0 Å². The fraction of sp³-hybridized carbons (Fsp3) is 0.588. The lowest BCUT2D eigenvalue weighted by atomic mass is 10.1. The van der Waals surface area contributed by atoms with E-state index in [-0.39, 0.29) is 11.5 Å². The minimum Gasteiger partial charge on any atom is -0.465 e. The molecule has 1 aliphatic heterocycles. The quantitative estimate of drug-likeness (QED) is 0.748. The molecule has 1 fully saturated rings. The predicted molar refractivity (Wildman–Crippen MR) is 88.6 cm³/mol. The lowest BCUT2D eigenvalue weighted by Gasteiger charge is -2.32. The molecule has 1 heterocycles. The van der Waals surface area contributed by atoms with E-state index in [1.54, 1.807) is 19.1 Å². The van der Waals surface area contributed by atoms with E-state index in [1.807, 2.05) is 12.1 Å². The van der Waals surface area contributed by atoms with Gasteiger partial charge in [-0.2, -0.15) is 4.31 Å². The van der Waals surface area contributed by atoms with E-state index in [2.05, 4.69) is 6.92 Å². The molecule has 1 saturated heterocycles. The average molecular weight is 339 g/mol. The second-order valence-corrected chi connectivity index (χ2v) is 7.66. The zero-order chi connectivity index (χ0) is 16.9. The molecule has 0 aliphatic carbocycles. The minimum absolute atomic E-state index is 0.244. The van der Waals surface area contributed by atoms with Crippen LogP contribution in [-0.4, -0.2) is 37.9 Å². The van der Waals surface area contributed by atoms with Crippen molar-refractivity contribution in [1.82, 2.24) is 4.31 Å². The van der Waals surface area contributed by atoms with Gasteiger partial charge in [0.25, 0.3) is 0 Å². The number of benzene rings is 1. The van der Waals surface area contributed by atoms with Gasteiger partial charge in [0, 0.05) is 6.54 Å². The van der Waals surface area contributed by atoms with Gasteiger partial charge < -0.3 is 4.74 Å². The van der Waals surface area contributed by atoms with Crippen LogP contribution in [0.25, 0.3) is 0 Å². The van der Waals surface area contributed by atoms with E-state index in [9.17, 15) is 13.2 Å². The summed E-state index contributed by atoms with van der Waals surface area (Å²) in [7, 11) is -3.67. The number of carbonyl (C=O) groups excluding carboxylic acids is 1. The van der Waals surface area contributed by atoms with Crippen LogP contribution in [-0.2, 0) is 26.0 Å². The van der Waals surface area contributed by atoms with Crippen molar-refractivity contribution >= 4 is 16.0 Å². The highest BCUT2D eigenvalue weighted by Crippen LogP contribution is 2.26. The van der Waals surface area contributed by atoms with E-state index in [1.165, 1.54) is 4.31 Å². The number of ether oxygens (including phenoxy) is 1. The molecule has 0 spiro atoms. The van der Waals surface area contributed by atoms with Crippen molar-refractivity contribution < 1.29 is 17.9 Å². The first-order valence-electron chi connectivity index (χ1n) is 8.28. The average Bonchev–Trinajstić information content (AvgIpc) is 2.56. The number of esters is 1. The van der Waals surface area contributed by atoms with Gasteiger partial charge in [-0.15, -0.1) is 0 Å². The van der Waals surface area contributed by atoms with Crippen molar-refractivity contribution in [3.63, 3.8) is 0 Å². The van der Waals surface area contributed by atoms with Gasteiger partial charge in [0.05, 0.1) is 11.5 Å². The summed E-state index contributed by atoms with van der Waals surface area (Å²) in [6.07, 6.45) is 4.07. The molecule has 0 bridgehead atoms. The third kappa shape index (κ3) is 4.12. The Kier molecular flexibility index (Phi) is 6.18. The van der Waals surface area contributed by atoms with Crippen molar-refractivity contribution in [2.75, 3.05) is 13.2 Å². The summed E-state index contributed by atoms with van der Waals surface area (Å²) in [5.41, 5.74) is 1.12. The van der Waals surface area contributed by atoms with Crippen molar-refractivity contribution in [2.45, 2.75) is 56.9 Å². The van der Waals surface area contributed by atoms with Crippen LogP contribution in [0.5, 0.6) is 0 Å². The van der Waals surface area contributed by atoms with Gasteiger partial charge in [-0.1, -0.05) is 25.5 Å². The number of sulfonamides is 1. The second kappa shape index (κ2) is 7.93. The first-order chi connectivity index (χ1) is 11.0. The van der Waals surface area contributed by atoms with Crippen LogP contribution in [0, 0.1) is 0 Å². The molecule has 2 rings (SSSR count). The van der Waals surface area contributed by atoms with E-state index in [4.69, 9.17) is 4.74 Å². The summed E-state index contributed by atoms with van der Waals surface area (Å²) in [4.78, 5) is 12.3. The maximum atomic E-state index is 12.9. The lowest BCUT2D eigenvalue weighted by molar-refractivity contribution is -0.148. The van der Waals surface area contributed by atoms with Crippen molar-refractivity contribution in [3.05, 3.63) is 29.8 Å². The number of nitrogens with zero attached hydrogens (tertiary/aromatic N) is 1. The maximum Gasteiger partial charge on any atom is 0.324 e. The standard InChI is InChI=1S/C17H25NO4S/c1-3-7-14-9-11-15(12-10-14)23(20,21)18-13-6-5-8-16(18)17(19)22-4-2/h9-12,16H,3-8,13H2,1-2H3. The van der Waals surface area contributed by atoms with Crippen LogP contribution in [0.3, 0.4) is 0 Å². The summed E-state index contributed by atoms with van der Waals surface area (Å²) in [6.45, 7) is 4.44. The Balaban J connectivity index is 2.26. The topological polar surface area (TPSA) is 63.7 Å². The summed E-state index contributed by atoms with van der Waals surface area (Å²) in [6, 6.07) is 6.26. The highest BCUT2D eigenvalue weighted by molar-refractivity contribution is 7.89. The van der Waals surface area contributed by atoms with Crippen molar-refractivity contribution in [1.29, 1.82) is 0 Å². The van der Waals surface area contributed by atoms with Gasteiger partial charge in [0.2, 0.25) is 10.0 Å². The molecule has 1 aromatic carbocycles. The fourth-order valence-electron chi connectivity index (χ4n) is 2.92. The molecular weight excluding hydrogens is 314 g/mol. The first kappa shape index (κ1) is 17.9. The molecule has 0 saturated carbocycles. The Labute approximate surface area is 138 Å². The lowest BCUT2D eigenvalue weighted by Crippen LogP contribution is -2.48. The number of aryl methyl sites for hydroxylation is 1. The van der Waals surface area contributed by atoms with E-state index in [0.29, 0.717) is 13.0 Å². The van der Waals surface area contributed by atoms with Gasteiger partial charge in [0.15, 0.2) is 0 Å². The van der Waals surface area contributed by atoms with Crippen molar-refractivity contribution in [2.24, 2.45) is 0 Å². The Morgan fingerprint density at radius 1 is 1.22 bits per heavy atom. The minimum atomic E-state index is -3.67. The second-order valence-electron chi connectivity index (χ2n) is 5.77. The highest BCUT2D eigenvalue weighted by Gasteiger charge is 2.38. The highest BCUT2D eigenvalue weighted by atomic mass is 32.2. The van der Waals surface area contributed by atoms with Gasteiger partial charge >= 0.3 is 5.97 Å². The van der Waals surface area contributed by atoms with E-state index < -0.39 is 22.0 Å². The van der Waals surface area contributed by atoms with Crippen LogP contribution in [0.1, 0.15) is 45.1 Å². The molecular formula is C17H25NO4S. The van der Waals surface area contributed by atoms with Gasteiger partial charge in [0.1, 0.15) is 6.04 Å².